The summed E-state index contributed by atoms with van der Waals surface area (Å²) >= 11 is 0. The van der Waals surface area contributed by atoms with Crippen LogP contribution in [0.15, 0.2) is 24.3 Å². The molecule has 116 valence electrons. The molecule has 0 aliphatic rings. The summed E-state index contributed by atoms with van der Waals surface area (Å²) < 4.78 is 9.94. The van der Waals surface area contributed by atoms with Crippen molar-refractivity contribution in [2.45, 2.75) is 13.3 Å². The van der Waals surface area contributed by atoms with Crippen LogP contribution < -0.4 is 15.0 Å². The maximum atomic E-state index is 11.7. The molecule has 0 fully saturated rings. The first-order chi connectivity index (χ1) is 10.1. The Labute approximate surface area is 125 Å². The van der Waals surface area contributed by atoms with Crippen LogP contribution in [0.25, 0.3) is 0 Å². The standard InChI is InChI=1S/C15H22N2O4/c1-12(18)17(10-8-15(19)16-9-11-20-2)13-4-6-14(21-3)7-5-13/h4-7H,8-11H2,1-3H3,(H,16,19). The molecule has 0 atom stereocenters. The predicted octanol–water partition coefficient (Wildman–Crippen LogP) is 1.20. The third-order valence-corrected chi connectivity index (χ3v) is 2.96. The highest BCUT2D eigenvalue weighted by Gasteiger charge is 2.13. The largest absolute Gasteiger partial charge is 0.497 e. The van der Waals surface area contributed by atoms with Crippen molar-refractivity contribution in [2.24, 2.45) is 0 Å². The summed E-state index contributed by atoms with van der Waals surface area (Å²) in [7, 11) is 3.16. The van der Waals surface area contributed by atoms with E-state index >= 15 is 0 Å². The normalized spacial score (nSPS) is 10.0. The number of methoxy groups -OCH3 is 2. The molecule has 6 heteroatoms. The summed E-state index contributed by atoms with van der Waals surface area (Å²) in [6.07, 6.45) is 0.245. The molecule has 0 saturated carbocycles. The fourth-order valence-corrected chi connectivity index (χ4v) is 1.82. The zero-order valence-electron chi connectivity index (χ0n) is 12.7. The fraction of sp³-hybridized carbons (Fsp3) is 0.467. The average Bonchev–Trinajstić information content (AvgIpc) is 2.48. The van der Waals surface area contributed by atoms with Crippen LogP contribution >= 0.6 is 0 Å². The predicted molar refractivity (Wildman–Crippen MR) is 80.5 cm³/mol. The number of hydrogen-bond donors (Lipinski definition) is 1. The number of carbonyl (C=O) groups excluding carboxylic acids is 2. The molecule has 1 N–H and O–H groups in total. The van der Waals surface area contributed by atoms with Crippen LogP contribution in [0.4, 0.5) is 5.69 Å². The number of ether oxygens (including phenoxy) is 2. The van der Waals surface area contributed by atoms with E-state index in [1.165, 1.54) is 6.92 Å². The molecule has 1 aromatic carbocycles. The molecule has 0 heterocycles. The van der Waals surface area contributed by atoms with Gasteiger partial charge in [0.1, 0.15) is 5.75 Å². The van der Waals surface area contributed by atoms with Gasteiger partial charge in [0.05, 0.1) is 13.7 Å². The van der Waals surface area contributed by atoms with Crippen LogP contribution in [0.3, 0.4) is 0 Å². The lowest BCUT2D eigenvalue weighted by Gasteiger charge is -2.21. The van der Waals surface area contributed by atoms with Crippen molar-refractivity contribution in [2.75, 3.05) is 38.8 Å². The monoisotopic (exact) mass is 294 g/mol. The molecular weight excluding hydrogens is 272 g/mol. The van der Waals surface area contributed by atoms with Crippen molar-refractivity contribution in [1.82, 2.24) is 5.32 Å². The van der Waals surface area contributed by atoms with Crippen molar-refractivity contribution < 1.29 is 19.1 Å². The summed E-state index contributed by atoms with van der Waals surface area (Å²) in [4.78, 5) is 24.9. The minimum absolute atomic E-state index is 0.105. The van der Waals surface area contributed by atoms with Crippen LogP contribution in [-0.2, 0) is 14.3 Å². The zero-order chi connectivity index (χ0) is 15.7. The van der Waals surface area contributed by atoms with E-state index in [0.29, 0.717) is 19.7 Å². The summed E-state index contributed by atoms with van der Waals surface area (Å²) in [6, 6.07) is 7.15. The van der Waals surface area contributed by atoms with Crippen molar-refractivity contribution in [3.05, 3.63) is 24.3 Å². The lowest BCUT2D eigenvalue weighted by Crippen LogP contribution is -2.34. The van der Waals surface area contributed by atoms with Gasteiger partial charge in [-0.1, -0.05) is 0 Å². The van der Waals surface area contributed by atoms with E-state index in [4.69, 9.17) is 9.47 Å². The molecular formula is C15H22N2O4. The second kappa shape index (κ2) is 8.97. The van der Waals surface area contributed by atoms with Crippen LogP contribution in [0, 0.1) is 0 Å². The van der Waals surface area contributed by atoms with E-state index in [9.17, 15) is 9.59 Å². The molecule has 1 aromatic rings. The van der Waals surface area contributed by atoms with Crippen LogP contribution in [0.2, 0.25) is 0 Å². The van der Waals surface area contributed by atoms with Crippen LogP contribution in [0.5, 0.6) is 5.75 Å². The highest BCUT2D eigenvalue weighted by Crippen LogP contribution is 2.19. The molecule has 0 spiro atoms. The summed E-state index contributed by atoms with van der Waals surface area (Å²) in [6.45, 7) is 2.76. The van der Waals surface area contributed by atoms with Gasteiger partial charge in [0.25, 0.3) is 0 Å². The van der Waals surface area contributed by atoms with E-state index in [-0.39, 0.29) is 18.2 Å². The Morgan fingerprint density at radius 3 is 2.38 bits per heavy atom. The average molecular weight is 294 g/mol. The van der Waals surface area contributed by atoms with Gasteiger partial charge < -0.3 is 19.7 Å². The van der Waals surface area contributed by atoms with Gasteiger partial charge in [0.15, 0.2) is 0 Å². The second-order valence-electron chi connectivity index (χ2n) is 4.46. The first-order valence-corrected chi connectivity index (χ1v) is 6.76. The number of amides is 2. The molecule has 6 nitrogen and oxygen atoms in total. The van der Waals surface area contributed by atoms with Gasteiger partial charge in [-0.3, -0.25) is 9.59 Å². The topological polar surface area (TPSA) is 67.9 Å². The van der Waals surface area contributed by atoms with E-state index in [1.807, 2.05) is 0 Å². The summed E-state index contributed by atoms with van der Waals surface area (Å²) in [5.74, 6) is 0.510. The van der Waals surface area contributed by atoms with Crippen molar-refractivity contribution in [3.8, 4) is 5.75 Å². The third-order valence-electron chi connectivity index (χ3n) is 2.96. The Morgan fingerprint density at radius 2 is 1.86 bits per heavy atom. The third kappa shape index (κ3) is 5.83. The first kappa shape index (κ1) is 17.0. The van der Waals surface area contributed by atoms with E-state index in [1.54, 1.807) is 43.4 Å². The molecule has 1 rings (SSSR count). The molecule has 0 bridgehead atoms. The van der Waals surface area contributed by atoms with Gasteiger partial charge in [-0.15, -0.1) is 0 Å². The Balaban J connectivity index is 2.57. The molecule has 0 unspecified atom stereocenters. The minimum Gasteiger partial charge on any atom is -0.497 e. The Kier molecular flexibility index (Phi) is 7.25. The van der Waals surface area contributed by atoms with Crippen LogP contribution in [-0.4, -0.2) is 45.7 Å². The second-order valence-corrected chi connectivity index (χ2v) is 4.46. The molecule has 0 aromatic heterocycles. The number of hydrogen-bond acceptors (Lipinski definition) is 4. The Bertz CT molecular complexity index is 459. The van der Waals surface area contributed by atoms with Crippen molar-refractivity contribution in [3.63, 3.8) is 0 Å². The molecule has 0 aliphatic heterocycles. The number of nitrogens with zero attached hydrogens (tertiary/aromatic N) is 1. The van der Waals surface area contributed by atoms with Crippen molar-refractivity contribution in [1.29, 1.82) is 0 Å². The van der Waals surface area contributed by atoms with Gasteiger partial charge in [-0.25, -0.2) is 0 Å². The highest BCUT2D eigenvalue weighted by atomic mass is 16.5. The Hall–Kier alpha value is -2.08. The number of carbonyl (C=O) groups is 2. The highest BCUT2D eigenvalue weighted by molar-refractivity contribution is 5.92. The number of anilines is 1. The SMILES string of the molecule is COCCNC(=O)CCN(C(C)=O)c1ccc(OC)cc1. The Morgan fingerprint density at radius 1 is 1.19 bits per heavy atom. The molecule has 0 aliphatic carbocycles. The van der Waals surface area contributed by atoms with Gasteiger partial charge in [-0.05, 0) is 24.3 Å². The lowest BCUT2D eigenvalue weighted by atomic mass is 10.2. The molecule has 2 amide bonds. The maximum Gasteiger partial charge on any atom is 0.223 e. The van der Waals surface area contributed by atoms with E-state index in [0.717, 1.165) is 11.4 Å². The van der Waals surface area contributed by atoms with Gasteiger partial charge in [0, 0.05) is 39.2 Å². The summed E-state index contributed by atoms with van der Waals surface area (Å²) in [5.41, 5.74) is 0.744. The number of rotatable bonds is 8. The minimum atomic E-state index is -0.107. The first-order valence-electron chi connectivity index (χ1n) is 6.76. The lowest BCUT2D eigenvalue weighted by molar-refractivity contribution is -0.121. The molecule has 21 heavy (non-hydrogen) atoms. The maximum absolute atomic E-state index is 11.7. The smallest absolute Gasteiger partial charge is 0.223 e. The van der Waals surface area contributed by atoms with Crippen LogP contribution in [0.1, 0.15) is 13.3 Å². The van der Waals surface area contributed by atoms with Gasteiger partial charge in [0.2, 0.25) is 11.8 Å². The fourth-order valence-electron chi connectivity index (χ4n) is 1.82. The molecule has 0 radical (unpaired) electrons. The van der Waals surface area contributed by atoms with Gasteiger partial charge in [-0.2, -0.15) is 0 Å². The summed E-state index contributed by atoms with van der Waals surface area (Å²) in [5, 5.41) is 2.73. The van der Waals surface area contributed by atoms with Gasteiger partial charge >= 0.3 is 0 Å². The van der Waals surface area contributed by atoms with Crippen molar-refractivity contribution >= 4 is 17.5 Å². The zero-order valence-corrected chi connectivity index (χ0v) is 12.7. The van der Waals surface area contributed by atoms with E-state index < -0.39 is 0 Å². The number of nitrogens with one attached hydrogen (secondary N) is 1. The number of benzene rings is 1. The quantitative estimate of drug-likeness (QED) is 0.732. The molecule has 0 saturated heterocycles. The van der Waals surface area contributed by atoms with E-state index in [2.05, 4.69) is 5.32 Å².